The first-order chi connectivity index (χ1) is 6.93. The lowest BCUT2D eigenvalue weighted by atomic mass is 10.0. The molecule has 0 amide bonds. The van der Waals surface area contributed by atoms with E-state index in [-0.39, 0.29) is 0 Å². The van der Waals surface area contributed by atoms with E-state index in [1.165, 1.54) is 13.0 Å². The Morgan fingerprint density at radius 2 is 2.33 bits per heavy atom. The molecule has 0 saturated carbocycles. The summed E-state index contributed by atoms with van der Waals surface area (Å²) in [4.78, 5) is 4.53. The molecule has 0 radical (unpaired) electrons. The van der Waals surface area contributed by atoms with E-state index in [0.717, 1.165) is 19.0 Å². The summed E-state index contributed by atoms with van der Waals surface area (Å²) in [7, 11) is 4.20. The Hall–Kier alpha value is -0.630. The van der Waals surface area contributed by atoms with Gasteiger partial charge in [-0.05, 0) is 39.9 Å². The monoisotopic (exact) mass is 210 g/mol. The third-order valence-corrected chi connectivity index (χ3v) is 2.91. The Balaban J connectivity index is 2.30. The van der Waals surface area contributed by atoms with Gasteiger partial charge in [-0.15, -0.1) is 0 Å². The van der Waals surface area contributed by atoms with Gasteiger partial charge in [0.05, 0.1) is 6.07 Å². The van der Waals surface area contributed by atoms with E-state index >= 15 is 0 Å². The second-order valence-electron chi connectivity index (χ2n) is 5.14. The molecule has 4 nitrogen and oxygen atoms in total. The predicted octanol–water partition coefficient (Wildman–Crippen LogP) is 0.111. The highest BCUT2D eigenvalue weighted by atomic mass is 15.2. The molecular formula is C11H22N4. The van der Waals surface area contributed by atoms with Crippen LogP contribution in [0.5, 0.6) is 0 Å². The Morgan fingerprint density at radius 1 is 1.67 bits per heavy atom. The molecule has 0 aromatic carbocycles. The van der Waals surface area contributed by atoms with Gasteiger partial charge >= 0.3 is 0 Å². The molecule has 1 aliphatic heterocycles. The largest absolute Gasteiger partial charge is 0.313 e. The van der Waals surface area contributed by atoms with Gasteiger partial charge in [-0.3, -0.25) is 0 Å². The summed E-state index contributed by atoms with van der Waals surface area (Å²) in [6, 6.07) is 2.13. The molecular weight excluding hydrogens is 188 g/mol. The van der Waals surface area contributed by atoms with Crippen molar-refractivity contribution in [2.24, 2.45) is 11.7 Å². The highest BCUT2D eigenvalue weighted by Gasteiger charge is 2.24. The first kappa shape index (κ1) is 12.4. The summed E-state index contributed by atoms with van der Waals surface area (Å²) in [5.74, 6) is 0.731. The topological polar surface area (TPSA) is 56.3 Å². The molecule has 1 fully saturated rings. The van der Waals surface area contributed by atoms with Crippen molar-refractivity contribution in [3.63, 3.8) is 0 Å². The van der Waals surface area contributed by atoms with Gasteiger partial charge in [0.2, 0.25) is 0 Å². The maximum absolute atomic E-state index is 8.84. The molecule has 0 bridgehead atoms. The lowest BCUT2D eigenvalue weighted by Crippen LogP contribution is -2.46. The van der Waals surface area contributed by atoms with Gasteiger partial charge in [0.25, 0.3) is 0 Å². The van der Waals surface area contributed by atoms with Crippen LogP contribution in [0.2, 0.25) is 0 Å². The van der Waals surface area contributed by atoms with Crippen LogP contribution in [0, 0.1) is 17.2 Å². The second kappa shape index (κ2) is 4.93. The third kappa shape index (κ3) is 4.17. The lowest BCUT2D eigenvalue weighted by molar-refractivity contribution is 0.246. The Bertz CT molecular complexity index is 243. The Labute approximate surface area is 92.6 Å². The van der Waals surface area contributed by atoms with Crippen LogP contribution in [-0.2, 0) is 0 Å². The van der Waals surface area contributed by atoms with Crippen LogP contribution in [0.3, 0.4) is 0 Å². The second-order valence-corrected chi connectivity index (χ2v) is 5.14. The fraction of sp³-hybridized carbons (Fsp3) is 0.909. The summed E-state index contributed by atoms with van der Waals surface area (Å²) >= 11 is 0. The van der Waals surface area contributed by atoms with Crippen molar-refractivity contribution in [3.8, 4) is 6.07 Å². The molecule has 15 heavy (non-hydrogen) atoms. The Kier molecular flexibility index (Phi) is 4.09. The molecule has 0 aliphatic carbocycles. The smallest absolute Gasteiger partial charge is 0.114 e. The van der Waals surface area contributed by atoms with E-state index in [1.807, 2.05) is 7.05 Å². The number of nitrogens with two attached hydrogens (primary N) is 1. The third-order valence-electron chi connectivity index (χ3n) is 2.91. The van der Waals surface area contributed by atoms with Crippen molar-refractivity contribution in [1.29, 1.82) is 5.26 Å². The van der Waals surface area contributed by atoms with Crippen LogP contribution < -0.4 is 5.73 Å². The molecule has 1 rings (SSSR count). The SMILES string of the molecule is CN1CCC(CN(C)CC(C)(N)C#N)C1. The van der Waals surface area contributed by atoms with Gasteiger partial charge in [0.15, 0.2) is 0 Å². The summed E-state index contributed by atoms with van der Waals surface area (Å²) in [5.41, 5.74) is 5.08. The van der Waals surface area contributed by atoms with Crippen LogP contribution in [0.15, 0.2) is 0 Å². The standard InChI is InChI=1S/C11H22N4/c1-11(13,8-12)9-15(3)7-10-4-5-14(2)6-10/h10H,4-7,9,13H2,1-3H3. The average molecular weight is 210 g/mol. The van der Waals surface area contributed by atoms with Crippen LogP contribution in [0.25, 0.3) is 0 Å². The Morgan fingerprint density at radius 3 is 2.80 bits per heavy atom. The number of rotatable bonds is 4. The molecule has 1 aliphatic rings. The summed E-state index contributed by atoms with van der Waals surface area (Å²) in [5, 5.41) is 8.84. The zero-order chi connectivity index (χ0) is 11.5. The summed E-state index contributed by atoms with van der Waals surface area (Å²) in [6.07, 6.45) is 1.26. The van der Waals surface area contributed by atoms with E-state index in [4.69, 9.17) is 11.0 Å². The molecule has 2 atom stereocenters. The first-order valence-electron chi connectivity index (χ1n) is 5.50. The molecule has 2 unspecified atom stereocenters. The fourth-order valence-corrected chi connectivity index (χ4v) is 2.28. The highest BCUT2D eigenvalue weighted by molar-refractivity contribution is 5.02. The van der Waals surface area contributed by atoms with Gasteiger partial charge in [0.1, 0.15) is 5.54 Å². The molecule has 0 spiro atoms. The number of nitriles is 1. The van der Waals surface area contributed by atoms with E-state index in [9.17, 15) is 0 Å². The number of likely N-dealkylation sites (N-methyl/N-ethyl adjacent to an activating group) is 1. The molecule has 0 aromatic heterocycles. The quantitative estimate of drug-likeness (QED) is 0.715. The minimum Gasteiger partial charge on any atom is -0.313 e. The minimum atomic E-state index is -0.723. The van der Waals surface area contributed by atoms with Crippen molar-refractivity contribution in [2.75, 3.05) is 40.3 Å². The van der Waals surface area contributed by atoms with Gasteiger partial charge in [-0.2, -0.15) is 5.26 Å². The minimum absolute atomic E-state index is 0.643. The van der Waals surface area contributed by atoms with Crippen molar-refractivity contribution >= 4 is 0 Å². The van der Waals surface area contributed by atoms with Crippen molar-refractivity contribution < 1.29 is 0 Å². The molecule has 2 N–H and O–H groups in total. The fourth-order valence-electron chi connectivity index (χ4n) is 2.28. The van der Waals surface area contributed by atoms with Crippen molar-refractivity contribution in [1.82, 2.24) is 9.80 Å². The maximum Gasteiger partial charge on any atom is 0.114 e. The number of hydrogen-bond donors (Lipinski definition) is 1. The van der Waals surface area contributed by atoms with Gasteiger partial charge in [0, 0.05) is 19.6 Å². The van der Waals surface area contributed by atoms with E-state index in [2.05, 4.69) is 22.9 Å². The molecule has 1 heterocycles. The normalized spacial score (nSPS) is 26.5. The van der Waals surface area contributed by atoms with Gasteiger partial charge < -0.3 is 15.5 Å². The molecule has 0 aromatic rings. The number of likely N-dealkylation sites (tertiary alicyclic amines) is 1. The predicted molar refractivity (Wildman–Crippen MR) is 61.3 cm³/mol. The van der Waals surface area contributed by atoms with Gasteiger partial charge in [-0.25, -0.2) is 0 Å². The van der Waals surface area contributed by atoms with Crippen LogP contribution in [-0.4, -0.2) is 55.6 Å². The van der Waals surface area contributed by atoms with Crippen molar-refractivity contribution in [3.05, 3.63) is 0 Å². The van der Waals surface area contributed by atoms with Crippen molar-refractivity contribution in [2.45, 2.75) is 18.9 Å². The van der Waals surface area contributed by atoms with Crippen LogP contribution >= 0.6 is 0 Å². The van der Waals surface area contributed by atoms with Crippen LogP contribution in [0.1, 0.15) is 13.3 Å². The first-order valence-corrected chi connectivity index (χ1v) is 5.50. The number of nitrogens with zero attached hydrogens (tertiary/aromatic N) is 3. The summed E-state index contributed by atoms with van der Waals surface area (Å²) < 4.78 is 0. The highest BCUT2D eigenvalue weighted by Crippen LogP contribution is 2.15. The maximum atomic E-state index is 8.84. The lowest BCUT2D eigenvalue weighted by Gasteiger charge is -2.26. The summed E-state index contributed by atoms with van der Waals surface area (Å²) in [6.45, 7) is 5.82. The van der Waals surface area contributed by atoms with E-state index < -0.39 is 5.54 Å². The molecule has 1 saturated heterocycles. The zero-order valence-corrected chi connectivity index (χ0v) is 10.0. The zero-order valence-electron chi connectivity index (χ0n) is 10.0. The van der Waals surface area contributed by atoms with E-state index in [0.29, 0.717) is 6.54 Å². The van der Waals surface area contributed by atoms with E-state index in [1.54, 1.807) is 6.92 Å². The average Bonchev–Trinajstić information content (AvgIpc) is 2.50. The van der Waals surface area contributed by atoms with Gasteiger partial charge in [-0.1, -0.05) is 0 Å². The van der Waals surface area contributed by atoms with Crippen LogP contribution in [0.4, 0.5) is 0 Å². The molecule has 86 valence electrons. The molecule has 4 heteroatoms. The number of hydrogen-bond acceptors (Lipinski definition) is 4.